The maximum atomic E-state index is 12.9. The van der Waals surface area contributed by atoms with Gasteiger partial charge in [0.15, 0.2) is 0 Å². The number of aryl methyl sites for hydroxylation is 1. The van der Waals surface area contributed by atoms with E-state index in [9.17, 15) is 8.42 Å². The molecule has 2 rings (SSSR count). The standard InChI is InChI=1S/C16H22N2O2S/c1-3-15-7-5-11-18(15)21(19,20)16-9-8-13(2)12-14(16)6-4-10-17/h8-9,12,15H,3,5,7,10-11,17H2,1-2H3. The number of hydrogen-bond donors (Lipinski definition) is 1. The van der Waals surface area contributed by atoms with Crippen LogP contribution in [0.1, 0.15) is 37.3 Å². The van der Waals surface area contributed by atoms with Crippen molar-refractivity contribution in [3.05, 3.63) is 29.3 Å². The lowest BCUT2D eigenvalue weighted by Gasteiger charge is -2.23. The fourth-order valence-electron chi connectivity index (χ4n) is 2.77. The van der Waals surface area contributed by atoms with E-state index in [1.807, 2.05) is 26.0 Å². The lowest BCUT2D eigenvalue weighted by molar-refractivity contribution is 0.379. The molecule has 1 saturated heterocycles. The first-order valence-corrected chi connectivity index (χ1v) is 8.76. The van der Waals surface area contributed by atoms with Gasteiger partial charge in [-0.2, -0.15) is 4.31 Å². The molecule has 0 aromatic heterocycles. The highest BCUT2D eigenvalue weighted by Gasteiger charge is 2.35. The van der Waals surface area contributed by atoms with Crippen molar-refractivity contribution in [2.45, 2.75) is 44.0 Å². The molecule has 114 valence electrons. The van der Waals surface area contributed by atoms with Gasteiger partial charge in [0.1, 0.15) is 0 Å². The molecule has 1 heterocycles. The van der Waals surface area contributed by atoms with Crippen molar-refractivity contribution in [2.24, 2.45) is 5.73 Å². The molecule has 0 spiro atoms. The first-order chi connectivity index (χ1) is 10.0. The van der Waals surface area contributed by atoms with Gasteiger partial charge in [-0.15, -0.1) is 0 Å². The number of nitrogens with two attached hydrogens (primary N) is 1. The first-order valence-electron chi connectivity index (χ1n) is 7.32. The average Bonchev–Trinajstić information content (AvgIpc) is 2.94. The Morgan fingerprint density at radius 2 is 2.19 bits per heavy atom. The summed E-state index contributed by atoms with van der Waals surface area (Å²) >= 11 is 0. The van der Waals surface area contributed by atoms with Crippen LogP contribution < -0.4 is 5.73 Å². The van der Waals surface area contributed by atoms with Crippen LogP contribution in [0.25, 0.3) is 0 Å². The first kappa shape index (κ1) is 16.0. The molecule has 0 saturated carbocycles. The van der Waals surface area contributed by atoms with Crippen LogP contribution in [0.4, 0.5) is 0 Å². The summed E-state index contributed by atoms with van der Waals surface area (Å²) < 4.78 is 27.5. The fourth-order valence-corrected chi connectivity index (χ4v) is 4.67. The largest absolute Gasteiger partial charge is 0.320 e. The molecule has 2 N–H and O–H groups in total. The molecule has 1 fully saturated rings. The second-order valence-corrected chi connectivity index (χ2v) is 7.18. The summed E-state index contributed by atoms with van der Waals surface area (Å²) in [6.45, 7) is 4.77. The zero-order valence-corrected chi connectivity index (χ0v) is 13.4. The number of hydrogen-bond acceptors (Lipinski definition) is 3. The minimum Gasteiger partial charge on any atom is -0.320 e. The molecule has 0 radical (unpaired) electrons. The third-order valence-corrected chi connectivity index (χ3v) is 5.85. The Labute approximate surface area is 127 Å². The van der Waals surface area contributed by atoms with Gasteiger partial charge in [-0.3, -0.25) is 0 Å². The molecule has 0 aliphatic carbocycles. The minimum absolute atomic E-state index is 0.103. The van der Waals surface area contributed by atoms with Crippen LogP contribution in [0.3, 0.4) is 0 Å². The molecule has 0 amide bonds. The van der Waals surface area contributed by atoms with E-state index >= 15 is 0 Å². The van der Waals surface area contributed by atoms with E-state index in [4.69, 9.17) is 5.73 Å². The van der Waals surface area contributed by atoms with Crippen molar-refractivity contribution >= 4 is 10.0 Å². The Kier molecular flexibility index (Phi) is 5.04. The monoisotopic (exact) mass is 306 g/mol. The maximum absolute atomic E-state index is 12.9. The molecule has 1 aliphatic rings. The lowest BCUT2D eigenvalue weighted by Crippen LogP contribution is -2.35. The third kappa shape index (κ3) is 3.29. The molecule has 1 atom stereocenters. The third-order valence-electron chi connectivity index (χ3n) is 3.84. The van der Waals surface area contributed by atoms with Crippen LogP contribution in [0.5, 0.6) is 0 Å². The number of rotatable bonds is 3. The van der Waals surface area contributed by atoms with Crippen molar-refractivity contribution < 1.29 is 8.42 Å². The van der Waals surface area contributed by atoms with Crippen LogP contribution in [-0.4, -0.2) is 31.9 Å². The molecule has 4 nitrogen and oxygen atoms in total. The van der Waals surface area contributed by atoms with Gasteiger partial charge in [0.2, 0.25) is 10.0 Å². The molecule has 1 unspecified atom stereocenters. The zero-order valence-electron chi connectivity index (χ0n) is 12.6. The SMILES string of the molecule is CCC1CCCN1S(=O)(=O)c1ccc(C)cc1C#CCN. The normalized spacial score (nSPS) is 19.3. The van der Waals surface area contributed by atoms with Crippen LogP contribution >= 0.6 is 0 Å². The van der Waals surface area contributed by atoms with Gasteiger partial charge in [-0.1, -0.05) is 24.8 Å². The molecule has 1 aliphatic heterocycles. The van der Waals surface area contributed by atoms with Gasteiger partial charge in [0.05, 0.1) is 11.4 Å². The van der Waals surface area contributed by atoms with Crippen LogP contribution in [0, 0.1) is 18.8 Å². The van der Waals surface area contributed by atoms with Gasteiger partial charge >= 0.3 is 0 Å². The van der Waals surface area contributed by atoms with Gasteiger partial charge < -0.3 is 5.73 Å². The highest BCUT2D eigenvalue weighted by molar-refractivity contribution is 7.89. The Morgan fingerprint density at radius 3 is 2.86 bits per heavy atom. The van der Waals surface area contributed by atoms with Crippen molar-refractivity contribution in [3.63, 3.8) is 0 Å². The Morgan fingerprint density at radius 1 is 1.43 bits per heavy atom. The predicted octanol–water partition coefficient (Wildman–Crippen LogP) is 1.87. The van der Waals surface area contributed by atoms with Gasteiger partial charge in [-0.05, 0) is 43.9 Å². The van der Waals surface area contributed by atoms with Crippen LogP contribution in [0.15, 0.2) is 23.1 Å². The van der Waals surface area contributed by atoms with E-state index < -0.39 is 10.0 Å². The maximum Gasteiger partial charge on any atom is 0.244 e. The second-order valence-electron chi connectivity index (χ2n) is 5.33. The van der Waals surface area contributed by atoms with Crippen molar-refractivity contribution in [1.29, 1.82) is 0 Å². The molecule has 21 heavy (non-hydrogen) atoms. The Bertz CT molecular complexity index is 671. The second kappa shape index (κ2) is 6.61. The van der Waals surface area contributed by atoms with Crippen LogP contribution in [-0.2, 0) is 10.0 Å². The minimum atomic E-state index is -3.49. The molecule has 1 aromatic rings. The smallest absolute Gasteiger partial charge is 0.244 e. The van der Waals surface area contributed by atoms with Crippen molar-refractivity contribution in [2.75, 3.05) is 13.1 Å². The van der Waals surface area contributed by atoms with Crippen molar-refractivity contribution in [3.8, 4) is 11.8 Å². The fraction of sp³-hybridized carbons (Fsp3) is 0.500. The molecular weight excluding hydrogens is 284 g/mol. The number of sulfonamides is 1. The van der Waals surface area contributed by atoms with Crippen LogP contribution in [0.2, 0.25) is 0 Å². The quantitative estimate of drug-likeness (QED) is 0.867. The van der Waals surface area contributed by atoms with Gasteiger partial charge in [0.25, 0.3) is 0 Å². The summed E-state index contributed by atoms with van der Waals surface area (Å²) in [5.41, 5.74) is 6.94. The zero-order chi connectivity index (χ0) is 15.5. The Hall–Kier alpha value is -1.35. The van der Waals surface area contributed by atoms with E-state index in [1.54, 1.807) is 10.4 Å². The molecule has 5 heteroatoms. The van der Waals surface area contributed by atoms with E-state index in [0.29, 0.717) is 17.0 Å². The average molecular weight is 306 g/mol. The van der Waals surface area contributed by atoms with Gasteiger partial charge in [-0.25, -0.2) is 8.42 Å². The highest BCUT2D eigenvalue weighted by Crippen LogP contribution is 2.29. The summed E-state index contributed by atoms with van der Waals surface area (Å²) in [5, 5.41) is 0. The lowest BCUT2D eigenvalue weighted by atomic mass is 10.1. The number of benzene rings is 1. The topological polar surface area (TPSA) is 63.4 Å². The van der Waals surface area contributed by atoms with E-state index in [0.717, 1.165) is 24.8 Å². The molecule has 1 aromatic carbocycles. The summed E-state index contributed by atoms with van der Waals surface area (Å²) in [6, 6.07) is 5.40. The summed E-state index contributed by atoms with van der Waals surface area (Å²) in [4.78, 5) is 0.300. The van der Waals surface area contributed by atoms with Crippen molar-refractivity contribution in [1.82, 2.24) is 4.31 Å². The highest BCUT2D eigenvalue weighted by atomic mass is 32.2. The summed E-state index contributed by atoms with van der Waals surface area (Å²) in [7, 11) is -3.49. The molecular formula is C16H22N2O2S. The molecule has 0 bridgehead atoms. The van der Waals surface area contributed by atoms with Gasteiger partial charge in [0, 0.05) is 18.2 Å². The Balaban J connectivity index is 2.49. The predicted molar refractivity (Wildman–Crippen MR) is 84.3 cm³/mol. The summed E-state index contributed by atoms with van der Waals surface area (Å²) in [6.07, 6.45) is 2.70. The summed E-state index contributed by atoms with van der Waals surface area (Å²) in [5.74, 6) is 5.65. The number of nitrogens with zero attached hydrogens (tertiary/aromatic N) is 1. The van der Waals surface area contributed by atoms with E-state index in [2.05, 4.69) is 11.8 Å². The van der Waals surface area contributed by atoms with E-state index in [1.165, 1.54) is 0 Å². The van der Waals surface area contributed by atoms with E-state index in [-0.39, 0.29) is 12.6 Å².